The minimum absolute atomic E-state index is 0.126. The third-order valence-corrected chi connectivity index (χ3v) is 4.47. The Morgan fingerprint density at radius 1 is 1.38 bits per heavy atom. The van der Waals surface area contributed by atoms with Crippen molar-refractivity contribution in [1.82, 2.24) is 14.8 Å². The minimum Gasteiger partial charge on any atom is -0.468 e. The van der Waals surface area contributed by atoms with Crippen molar-refractivity contribution >= 4 is 29.3 Å². The van der Waals surface area contributed by atoms with Crippen molar-refractivity contribution in [2.24, 2.45) is 0 Å². The molecule has 0 bridgehead atoms. The molecule has 24 heavy (non-hydrogen) atoms. The molecule has 3 rings (SSSR count). The molecule has 1 heterocycles. The molecular weight excluding hydrogens is 328 g/mol. The molecule has 2 aromatic rings. The van der Waals surface area contributed by atoms with Crippen LogP contribution in [0.3, 0.4) is 0 Å². The van der Waals surface area contributed by atoms with Gasteiger partial charge in [-0.1, -0.05) is 17.8 Å². The van der Waals surface area contributed by atoms with Gasteiger partial charge < -0.3 is 10.1 Å². The van der Waals surface area contributed by atoms with E-state index in [4.69, 9.17) is 0 Å². The maximum atomic E-state index is 11.4. The molecule has 0 unspecified atom stereocenters. The Morgan fingerprint density at radius 2 is 2.17 bits per heavy atom. The number of aromatic nitrogens is 3. The molecule has 126 valence electrons. The molecule has 1 aromatic carbocycles. The highest BCUT2D eigenvalue weighted by molar-refractivity contribution is 7.99. The Labute approximate surface area is 143 Å². The van der Waals surface area contributed by atoms with Gasteiger partial charge in [-0.2, -0.15) is 0 Å². The number of esters is 1. The van der Waals surface area contributed by atoms with E-state index in [9.17, 15) is 9.59 Å². The van der Waals surface area contributed by atoms with Gasteiger partial charge in [0.1, 0.15) is 5.82 Å². The van der Waals surface area contributed by atoms with Crippen LogP contribution in [0.15, 0.2) is 29.4 Å². The number of amides is 1. The minimum atomic E-state index is -0.311. The van der Waals surface area contributed by atoms with E-state index >= 15 is 0 Å². The van der Waals surface area contributed by atoms with Crippen LogP contribution in [-0.2, 0) is 14.3 Å². The fourth-order valence-electron chi connectivity index (χ4n) is 2.33. The molecule has 1 amide bonds. The predicted octanol–water partition coefficient (Wildman–Crippen LogP) is 2.37. The number of nitrogens with one attached hydrogen (secondary N) is 1. The van der Waals surface area contributed by atoms with Crippen molar-refractivity contribution in [3.8, 4) is 5.69 Å². The van der Waals surface area contributed by atoms with Gasteiger partial charge in [0.2, 0.25) is 5.91 Å². The molecule has 1 aliphatic carbocycles. The lowest BCUT2D eigenvalue weighted by Gasteiger charge is -2.11. The standard InChI is InChI=1S/C16H18N4O3S/c1-10(21)17-12-4-3-5-13(8-12)20-15(11-6-7-11)18-19-16(20)24-9-14(22)23-2/h3-5,8,11H,6-7,9H2,1-2H3,(H,17,21). The van der Waals surface area contributed by atoms with Crippen LogP contribution in [0.25, 0.3) is 5.69 Å². The Hall–Kier alpha value is -2.35. The van der Waals surface area contributed by atoms with E-state index in [2.05, 4.69) is 20.3 Å². The molecule has 0 aliphatic heterocycles. The summed E-state index contributed by atoms with van der Waals surface area (Å²) in [6.07, 6.45) is 2.18. The Kier molecular flexibility index (Phi) is 4.84. The van der Waals surface area contributed by atoms with Crippen LogP contribution in [0.1, 0.15) is 31.5 Å². The average Bonchev–Trinajstić information content (AvgIpc) is 3.32. The van der Waals surface area contributed by atoms with E-state index in [0.717, 1.165) is 24.4 Å². The van der Waals surface area contributed by atoms with Crippen LogP contribution in [0.4, 0.5) is 5.69 Å². The zero-order valence-electron chi connectivity index (χ0n) is 13.5. The van der Waals surface area contributed by atoms with Gasteiger partial charge in [0, 0.05) is 18.5 Å². The second kappa shape index (κ2) is 7.04. The summed E-state index contributed by atoms with van der Waals surface area (Å²) in [4.78, 5) is 22.7. The molecule has 0 spiro atoms. The number of benzene rings is 1. The summed E-state index contributed by atoms with van der Waals surface area (Å²) in [5.41, 5.74) is 1.57. The van der Waals surface area contributed by atoms with E-state index in [1.54, 1.807) is 0 Å². The van der Waals surface area contributed by atoms with E-state index < -0.39 is 0 Å². The van der Waals surface area contributed by atoms with Crippen molar-refractivity contribution in [3.63, 3.8) is 0 Å². The number of nitrogens with zero attached hydrogens (tertiary/aromatic N) is 3. The summed E-state index contributed by atoms with van der Waals surface area (Å²) >= 11 is 1.29. The van der Waals surface area contributed by atoms with Gasteiger partial charge >= 0.3 is 5.97 Å². The maximum absolute atomic E-state index is 11.4. The summed E-state index contributed by atoms with van der Waals surface area (Å²) < 4.78 is 6.64. The highest BCUT2D eigenvalue weighted by Crippen LogP contribution is 2.41. The summed E-state index contributed by atoms with van der Waals surface area (Å²) in [6, 6.07) is 7.50. The largest absolute Gasteiger partial charge is 0.468 e. The number of hydrogen-bond donors (Lipinski definition) is 1. The zero-order chi connectivity index (χ0) is 17.1. The summed E-state index contributed by atoms with van der Waals surface area (Å²) in [6.45, 7) is 1.47. The van der Waals surface area contributed by atoms with E-state index in [-0.39, 0.29) is 17.6 Å². The second-order valence-electron chi connectivity index (χ2n) is 5.55. The van der Waals surface area contributed by atoms with E-state index in [1.807, 2.05) is 28.8 Å². The van der Waals surface area contributed by atoms with Crippen LogP contribution < -0.4 is 5.32 Å². The summed E-state index contributed by atoms with van der Waals surface area (Å²) in [5.74, 6) is 1.02. The quantitative estimate of drug-likeness (QED) is 0.638. The lowest BCUT2D eigenvalue weighted by molar-refractivity contribution is -0.137. The molecule has 1 fully saturated rings. The third kappa shape index (κ3) is 3.76. The average molecular weight is 346 g/mol. The summed E-state index contributed by atoms with van der Waals surface area (Å²) in [5, 5.41) is 12.0. The first-order valence-electron chi connectivity index (χ1n) is 7.61. The topological polar surface area (TPSA) is 86.1 Å². The highest BCUT2D eigenvalue weighted by Gasteiger charge is 2.31. The lowest BCUT2D eigenvalue weighted by atomic mass is 10.2. The molecule has 1 N–H and O–H groups in total. The van der Waals surface area contributed by atoms with Crippen molar-refractivity contribution in [2.45, 2.75) is 30.8 Å². The second-order valence-corrected chi connectivity index (χ2v) is 6.49. The predicted molar refractivity (Wildman–Crippen MR) is 90.4 cm³/mol. The highest BCUT2D eigenvalue weighted by atomic mass is 32.2. The molecular formula is C16H18N4O3S. The van der Waals surface area contributed by atoms with Crippen LogP contribution in [0.5, 0.6) is 0 Å². The number of thioether (sulfide) groups is 1. The Morgan fingerprint density at radius 3 is 2.83 bits per heavy atom. The molecule has 1 saturated carbocycles. The van der Waals surface area contributed by atoms with Crippen molar-refractivity contribution in [2.75, 3.05) is 18.2 Å². The van der Waals surface area contributed by atoms with E-state index in [0.29, 0.717) is 16.8 Å². The number of rotatable bonds is 6. The Bertz CT molecular complexity index is 770. The molecule has 0 radical (unpaired) electrons. The molecule has 0 atom stereocenters. The van der Waals surface area contributed by atoms with Gasteiger partial charge in [-0.3, -0.25) is 14.2 Å². The SMILES string of the molecule is COC(=O)CSc1nnc(C2CC2)n1-c1cccc(NC(C)=O)c1. The van der Waals surface area contributed by atoms with Gasteiger partial charge in [0.15, 0.2) is 5.16 Å². The monoisotopic (exact) mass is 346 g/mol. The fraction of sp³-hybridized carbons (Fsp3) is 0.375. The number of carbonyl (C=O) groups is 2. The number of anilines is 1. The summed E-state index contributed by atoms with van der Waals surface area (Å²) in [7, 11) is 1.36. The number of carbonyl (C=O) groups excluding carboxylic acids is 2. The molecule has 8 heteroatoms. The van der Waals surface area contributed by atoms with Crippen molar-refractivity contribution in [1.29, 1.82) is 0 Å². The fourth-order valence-corrected chi connectivity index (χ4v) is 3.12. The first kappa shape index (κ1) is 16.5. The van der Waals surface area contributed by atoms with Gasteiger partial charge in [-0.05, 0) is 31.0 Å². The first-order chi connectivity index (χ1) is 11.6. The third-order valence-electron chi connectivity index (χ3n) is 3.57. The zero-order valence-corrected chi connectivity index (χ0v) is 14.3. The molecule has 1 aliphatic rings. The first-order valence-corrected chi connectivity index (χ1v) is 8.60. The van der Waals surface area contributed by atoms with Gasteiger partial charge in [-0.15, -0.1) is 10.2 Å². The number of methoxy groups -OCH3 is 1. The van der Waals surface area contributed by atoms with Crippen LogP contribution in [0.2, 0.25) is 0 Å². The van der Waals surface area contributed by atoms with Crippen molar-refractivity contribution in [3.05, 3.63) is 30.1 Å². The van der Waals surface area contributed by atoms with Crippen LogP contribution in [0, 0.1) is 0 Å². The molecule has 0 saturated heterocycles. The normalized spacial score (nSPS) is 13.6. The van der Waals surface area contributed by atoms with Crippen LogP contribution in [-0.4, -0.2) is 39.5 Å². The van der Waals surface area contributed by atoms with Crippen LogP contribution >= 0.6 is 11.8 Å². The van der Waals surface area contributed by atoms with Gasteiger partial charge in [0.25, 0.3) is 0 Å². The smallest absolute Gasteiger partial charge is 0.316 e. The number of hydrogen-bond acceptors (Lipinski definition) is 6. The lowest BCUT2D eigenvalue weighted by Crippen LogP contribution is -2.08. The van der Waals surface area contributed by atoms with Gasteiger partial charge in [0.05, 0.1) is 18.6 Å². The maximum Gasteiger partial charge on any atom is 0.316 e. The molecule has 1 aromatic heterocycles. The van der Waals surface area contributed by atoms with E-state index in [1.165, 1.54) is 25.8 Å². The van der Waals surface area contributed by atoms with Gasteiger partial charge in [-0.25, -0.2) is 0 Å². The number of ether oxygens (including phenoxy) is 1. The molecule has 7 nitrogen and oxygen atoms in total. The Balaban J connectivity index is 1.94. The van der Waals surface area contributed by atoms with Crippen molar-refractivity contribution < 1.29 is 14.3 Å².